The minimum atomic E-state index is -0.688. The fourth-order valence-corrected chi connectivity index (χ4v) is 3.83. The van der Waals surface area contributed by atoms with Crippen molar-refractivity contribution in [3.8, 4) is 5.75 Å². The summed E-state index contributed by atoms with van der Waals surface area (Å²) in [6.07, 6.45) is 4.69. The molecule has 0 aliphatic carbocycles. The molecule has 0 aliphatic heterocycles. The highest BCUT2D eigenvalue weighted by atomic mass is 19.1. The first kappa shape index (κ1) is 25.3. The molecule has 0 saturated heterocycles. The van der Waals surface area contributed by atoms with Crippen LogP contribution in [-0.2, 0) is 16.1 Å². The van der Waals surface area contributed by atoms with Crippen LogP contribution < -0.4 is 10.5 Å². The van der Waals surface area contributed by atoms with Crippen LogP contribution in [0.2, 0.25) is 0 Å². The number of aryl methyl sites for hydroxylation is 2. The first-order valence-corrected chi connectivity index (χ1v) is 11.1. The van der Waals surface area contributed by atoms with E-state index in [4.69, 9.17) is 10.5 Å². The number of imidazole rings is 1. The monoisotopic (exact) mass is 473 g/mol. The van der Waals surface area contributed by atoms with Crippen molar-refractivity contribution in [3.05, 3.63) is 64.6 Å². The highest BCUT2D eigenvalue weighted by molar-refractivity contribution is 5.96. The number of esters is 1. The maximum Gasteiger partial charge on any atom is 0.322 e. The van der Waals surface area contributed by atoms with E-state index >= 15 is 0 Å². The molecule has 2 N–H and O–H groups in total. The van der Waals surface area contributed by atoms with E-state index < -0.39 is 23.6 Å². The Hall–Kier alpha value is -3.33. The number of ketones is 1. The molecule has 3 aromatic rings. The van der Waals surface area contributed by atoms with Gasteiger partial charge in [0.05, 0.1) is 18.4 Å². The van der Waals surface area contributed by atoms with E-state index in [0.29, 0.717) is 48.5 Å². The first-order valence-electron chi connectivity index (χ1n) is 11.1. The van der Waals surface area contributed by atoms with Crippen molar-refractivity contribution in [1.29, 1.82) is 0 Å². The smallest absolute Gasteiger partial charge is 0.322 e. The van der Waals surface area contributed by atoms with Crippen LogP contribution in [0.15, 0.2) is 30.5 Å². The van der Waals surface area contributed by atoms with Gasteiger partial charge in [-0.05, 0) is 50.5 Å². The molecule has 3 rings (SSSR count). The molecule has 1 aromatic carbocycles. The number of unbranched alkanes of at least 4 members (excludes halogenated alkanes) is 2. The summed E-state index contributed by atoms with van der Waals surface area (Å²) in [6.45, 7) is 3.27. The average Bonchev–Trinajstić information content (AvgIpc) is 3.13. The predicted octanol–water partition coefficient (Wildman–Crippen LogP) is 4.44. The number of Topliss-reactive ketones (excluding diaryl/α,β-unsaturated/α-hetero) is 1. The molecule has 0 aliphatic rings. The average molecular weight is 474 g/mol. The van der Waals surface area contributed by atoms with Crippen molar-refractivity contribution in [2.24, 2.45) is 5.73 Å². The van der Waals surface area contributed by atoms with Crippen LogP contribution >= 0.6 is 0 Å². The van der Waals surface area contributed by atoms with Gasteiger partial charge in [-0.2, -0.15) is 0 Å². The summed E-state index contributed by atoms with van der Waals surface area (Å²) in [5.41, 5.74) is 7.77. The van der Waals surface area contributed by atoms with E-state index in [1.54, 1.807) is 23.6 Å². The van der Waals surface area contributed by atoms with Crippen LogP contribution in [0.4, 0.5) is 8.78 Å². The van der Waals surface area contributed by atoms with Gasteiger partial charge in [0.1, 0.15) is 30.0 Å². The third kappa shape index (κ3) is 5.77. The molecule has 34 heavy (non-hydrogen) atoms. The second-order valence-electron chi connectivity index (χ2n) is 8.26. The number of benzene rings is 1. The molecule has 182 valence electrons. The van der Waals surface area contributed by atoms with Crippen molar-refractivity contribution in [1.82, 2.24) is 9.38 Å². The largest absolute Gasteiger partial charge is 0.485 e. The second kappa shape index (κ2) is 11.2. The summed E-state index contributed by atoms with van der Waals surface area (Å²) in [5, 5.41) is 0. The molecule has 0 radical (unpaired) electrons. The summed E-state index contributed by atoms with van der Waals surface area (Å²) in [6, 6.07) is 4.71. The molecule has 0 fully saturated rings. The Balaban J connectivity index is 1.70. The van der Waals surface area contributed by atoms with E-state index in [1.165, 1.54) is 25.3 Å². The van der Waals surface area contributed by atoms with Crippen LogP contribution in [-0.4, -0.2) is 34.3 Å². The van der Waals surface area contributed by atoms with Gasteiger partial charge in [-0.3, -0.25) is 14.0 Å². The summed E-state index contributed by atoms with van der Waals surface area (Å²) in [5.74, 6) is -1.55. The van der Waals surface area contributed by atoms with E-state index in [1.807, 2.05) is 6.92 Å². The van der Waals surface area contributed by atoms with Crippen LogP contribution in [0, 0.1) is 25.5 Å². The number of fused-ring (bicyclic) bond motifs is 1. The number of rotatable bonds is 11. The van der Waals surface area contributed by atoms with E-state index in [-0.39, 0.29) is 18.0 Å². The molecule has 0 bridgehead atoms. The number of methoxy groups -OCH3 is 1. The molecule has 0 unspecified atom stereocenters. The zero-order valence-corrected chi connectivity index (χ0v) is 19.6. The number of aromatic nitrogens is 2. The number of carbonyl (C=O) groups is 2. The number of hydrogen-bond acceptors (Lipinski definition) is 6. The summed E-state index contributed by atoms with van der Waals surface area (Å²) < 4.78 is 40.0. The molecule has 1 atom stereocenters. The maximum absolute atomic E-state index is 14.0. The minimum Gasteiger partial charge on any atom is -0.485 e. The van der Waals surface area contributed by atoms with Crippen LogP contribution in [0.1, 0.15) is 59.4 Å². The number of ether oxygens (including phenoxy) is 2. The van der Waals surface area contributed by atoms with Gasteiger partial charge in [-0.25, -0.2) is 13.8 Å². The lowest BCUT2D eigenvalue weighted by molar-refractivity contribution is -0.142. The second-order valence-corrected chi connectivity index (χ2v) is 8.26. The van der Waals surface area contributed by atoms with Crippen molar-refractivity contribution in [2.45, 2.75) is 58.6 Å². The van der Waals surface area contributed by atoms with Gasteiger partial charge in [0.2, 0.25) is 0 Å². The standard InChI is InChI=1S/C25H29F2N3O4/c1-15-12-22(34-14-17-18(26)8-7-9-19(17)27)24-29-16(2)23(30(24)13-15)21(31)11-6-4-5-10-20(28)25(32)33-3/h7-9,12-13,20H,4-6,10-11,14,28H2,1-3H3/t20-/m0/s1. The topological polar surface area (TPSA) is 95.9 Å². The number of hydrogen-bond donors (Lipinski definition) is 1. The van der Waals surface area contributed by atoms with E-state index in [2.05, 4.69) is 9.72 Å². The third-order valence-corrected chi connectivity index (χ3v) is 5.62. The van der Waals surface area contributed by atoms with Gasteiger partial charge in [-0.1, -0.05) is 18.9 Å². The molecular formula is C25H29F2N3O4. The van der Waals surface area contributed by atoms with Crippen LogP contribution in [0.3, 0.4) is 0 Å². The Morgan fingerprint density at radius 3 is 2.53 bits per heavy atom. The molecule has 0 amide bonds. The molecule has 0 saturated carbocycles. The van der Waals surface area contributed by atoms with Gasteiger partial charge in [0.15, 0.2) is 17.2 Å². The Labute approximate surface area is 196 Å². The van der Waals surface area contributed by atoms with Gasteiger partial charge < -0.3 is 15.2 Å². The van der Waals surface area contributed by atoms with Crippen LogP contribution in [0.25, 0.3) is 5.65 Å². The number of nitrogens with zero attached hydrogens (tertiary/aromatic N) is 2. The zero-order valence-electron chi connectivity index (χ0n) is 19.6. The van der Waals surface area contributed by atoms with Crippen LogP contribution in [0.5, 0.6) is 5.75 Å². The quantitative estimate of drug-likeness (QED) is 0.251. The fraction of sp³-hybridized carbons (Fsp3) is 0.400. The summed E-state index contributed by atoms with van der Waals surface area (Å²) in [4.78, 5) is 28.8. The lowest BCUT2D eigenvalue weighted by atomic mass is 10.0. The number of halogens is 2. The lowest BCUT2D eigenvalue weighted by Gasteiger charge is -2.11. The van der Waals surface area contributed by atoms with Crippen molar-refractivity contribution in [2.75, 3.05) is 7.11 Å². The lowest BCUT2D eigenvalue weighted by Crippen LogP contribution is -2.31. The summed E-state index contributed by atoms with van der Waals surface area (Å²) >= 11 is 0. The number of pyridine rings is 1. The molecule has 7 nitrogen and oxygen atoms in total. The van der Waals surface area contributed by atoms with Gasteiger partial charge >= 0.3 is 5.97 Å². The van der Waals surface area contributed by atoms with Crippen molar-refractivity contribution in [3.63, 3.8) is 0 Å². The molecular weight excluding hydrogens is 444 g/mol. The minimum absolute atomic E-state index is 0.0704. The molecule has 0 spiro atoms. The Kier molecular flexibility index (Phi) is 8.33. The van der Waals surface area contributed by atoms with Crippen molar-refractivity contribution >= 4 is 17.4 Å². The Morgan fingerprint density at radius 2 is 1.85 bits per heavy atom. The number of carbonyl (C=O) groups excluding carboxylic acids is 2. The van der Waals surface area contributed by atoms with Gasteiger partial charge in [-0.15, -0.1) is 0 Å². The van der Waals surface area contributed by atoms with Crippen molar-refractivity contribution < 1.29 is 27.8 Å². The van der Waals surface area contributed by atoms with E-state index in [9.17, 15) is 18.4 Å². The third-order valence-electron chi connectivity index (χ3n) is 5.62. The SMILES string of the molecule is COC(=O)[C@@H](N)CCCCCC(=O)c1c(C)nc2c(OCc3c(F)cccc3F)cc(C)cn12. The summed E-state index contributed by atoms with van der Waals surface area (Å²) in [7, 11) is 1.30. The maximum atomic E-state index is 14.0. The molecule has 2 aromatic heterocycles. The zero-order chi connectivity index (χ0) is 24.8. The predicted molar refractivity (Wildman–Crippen MR) is 123 cm³/mol. The number of nitrogens with two attached hydrogens (primary N) is 1. The highest BCUT2D eigenvalue weighted by Gasteiger charge is 2.20. The van der Waals surface area contributed by atoms with Gasteiger partial charge in [0, 0.05) is 12.6 Å². The normalized spacial score (nSPS) is 12.1. The fourth-order valence-electron chi connectivity index (χ4n) is 3.83. The van der Waals surface area contributed by atoms with E-state index in [0.717, 1.165) is 12.0 Å². The Bertz CT molecular complexity index is 1170. The molecule has 9 heteroatoms. The first-order chi connectivity index (χ1) is 16.2. The highest BCUT2D eigenvalue weighted by Crippen LogP contribution is 2.27. The van der Waals surface area contributed by atoms with Gasteiger partial charge in [0.25, 0.3) is 0 Å². The molecule has 2 heterocycles. The Morgan fingerprint density at radius 1 is 1.15 bits per heavy atom.